The molecule has 1 aliphatic rings. The second kappa shape index (κ2) is 7.67. The molecule has 2 unspecified atom stereocenters. The molecule has 4 nitrogen and oxygen atoms in total. The van der Waals surface area contributed by atoms with Crippen LogP contribution in [0.1, 0.15) is 45.4 Å². The summed E-state index contributed by atoms with van der Waals surface area (Å²) in [6.07, 6.45) is 5.70. The lowest BCUT2D eigenvalue weighted by Gasteiger charge is -2.34. The third-order valence-electron chi connectivity index (χ3n) is 3.40. The van der Waals surface area contributed by atoms with Crippen LogP contribution in [0.2, 0.25) is 0 Å². The first-order valence-corrected chi connectivity index (χ1v) is 6.69. The molecule has 0 heterocycles. The Hall–Kier alpha value is -0.610. The van der Waals surface area contributed by atoms with Crippen LogP contribution < -0.4 is 0 Å². The number of aliphatic hydroxyl groups is 1. The number of carbonyl (C=O) groups excluding carboxylic acids is 1. The monoisotopic (exact) mass is 243 g/mol. The van der Waals surface area contributed by atoms with Crippen molar-refractivity contribution in [3.05, 3.63) is 0 Å². The number of hydrogen-bond acceptors (Lipinski definition) is 4. The SMILES string of the molecule is CCCCOC(=O)CN(C)C1CCCCC1O. The van der Waals surface area contributed by atoms with Gasteiger partial charge in [-0.1, -0.05) is 26.2 Å². The fourth-order valence-corrected chi connectivity index (χ4v) is 2.30. The van der Waals surface area contributed by atoms with E-state index in [9.17, 15) is 9.90 Å². The highest BCUT2D eigenvalue weighted by atomic mass is 16.5. The molecule has 0 amide bonds. The van der Waals surface area contributed by atoms with Gasteiger partial charge in [-0.15, -0.1) is 0 Å². The maximum Gasteiger partial charge on any atom is 0.320 e. The minimum absolute atomic E-state index is 0.113. The van der Waals surface area contributed by atoms with Crippen molar-refractivity contribution < 1.29 is 14.6 Å². The number of nitrogens with zero attached hydrogens (tertiary/aromatic N) is 1. The molecule has 0 radical (unpaired) electrons. The van der Waals surface area contributed by atoms with Gasteiger partial charge in [0.15, 0.2) is 0 Å². The Morgan fingerprint density at radius 2 is 2.12 bits per heavy atom. The summed E-state index contributed by atoms with van der Waals surface area (Å²) in [5.41, 5.74) is 0. The van der Waals surface area contributed by atoms with E-state index in [2.05, 4.69) is 6.92 Å². The van der Waals surface area contributed by atoms with E-state index in [4.69, 9.17) is 4.74 Å². The van der Waals surface area contributed by atoms with Crippen molar-refractivity contribution in [3.63, 3.8) is 0 Å². The van der Waals surface area contributed by atoms with Crippen molar-refractivity contribution in [1.29, 1.82) is 0 Å². The molecule has 100 valence electrons. The lowest BCUT2D eigenvalue weighted by atomic mass is 9.92. The third-order valence-corrected chi connectivity index (χ3v) is 3.40. The van der Waals surface area contributed by atoms with Gasteiger partial charge in [0.2, 0.25) is 0 Å². The lowest BCUT2D eigenvalue weighted by Crippen LogP contribution is -2.45. The van der Waals surface area contributed by atoms with Crippen LogP contribution in [-0.2, 0) is 9.53 Å². The minimum Gasteiger partial charge on any atom is -0.465 e. The summed E-state index contributed by atoms with van der Waals surface area (Å²) in [7, 11) is 1.89. The molecule has 17 heavy (non-hydrogen) atoms. The normalized spacial score (nSPS) is 24.9. The lowest BCUT2D eigenvalue weighted by molar-refractivity contribution is -0.146. The predicted octanol–water partition coefficient (Wildman–Crippen LogP) is 1.56. The van der Waals surface area contributed by atoms with Crippen LogP contribution in [0.5, 0.6) is 0 Å². The number of rotatable bonds is 6. The van der Waals surface area contributed by atoms with E-state index in [1.807, 2.05) is 11.9 Å². The Balaban J connectivity index is 2.26. The number of hydrogen-bond donors (Lipinski definition) is 1. The van der Waals surface area contributed by atoms with E-state index in [1.54, 1.807) is 0 Å². The van der Waals surface area contributed by atoms with Crippen molar-refractivity contribution in [2.45, 2.75) is 57.6 Å². The molecule has 1 rings (SSSR count). The van der Waals surface area contributed by atoms with Crippen LogP contribution >= 0.6 is 0 Å². The van der Waals surface area contributed by atoms with Crippen LogP contribution in [0.4, 0.5) is 0 Å². The zero-order valence-corrected chi connectivity index (χ0v) is 11.0. The number of carbonyl (C=O) groups is 1. The fraction of sp³-hybridized carbons (Fsp3) is 0.923. The molecule has 1 aliphatic carbocycles. The van der Waals surface area contributed by atoms with E-state index in [1.165, 1.54) is 0 Å². The zero-order valence-electron chi connectivity index (χ0n) is 11.0. The van der Waals surface area contributed by atoms with Crippen LogP contribution in [0.3, 0.4) is 0 Å². The second-order valence-corrected chi connectivity index (χ2v) is 4.91. The highest BCUT2D eigenvalue weighted by Crippen LogP contribution is 2.22. The Morgan fingerprint density at radius 1 is 1.41 bits per heavy atom. The van der Waals surface area contributed by atoms with Crippen molar-refractivity contribution in [2.24, 2.45) is 0 Å². The van der Waals surface area contributed by atoms with Gasteiger partial charge in [-0.25, -0.2) is 0 Å². The van der Waals surface area contributed by atoms with Gasteiger partial charge in [-0.2, -0.15) is 0 Å². The van der Waals surface area contributed by atoms with Gasteiger partial charge in [0.25, 0.3) is 0 Å². The second-order valence-electron chi connectivity index (χ2n) is 4.91. The molecule has 1 N–H and O–H groups in total. The number of aliphatic hydroxyl groups excluding tert-OH is 1. The average molecular weight is 243 g/mol. The molecule has 4 heteroatoms. The molecule has 0 aromatic heterocycles. The molecule has 0 aliphatic heterocycles. The van der Waals surface area contributed by atoms with Gasteiger partial charge in [0.1, 0.15) is 0 Å². The topological polar surface area (TPSA) is 49.8 Å². The molecule has 0 bridgehead atoms. The van der Waals surface area contributed by atoms with Crippen molar-refractivity contribution >= 4 is 5.97 Å². The van der Waals surface area contributed by atoms with Gasteiger partial charge in [0, 0.05) is 6.04 Å². The van der Waals surface area contributed by atoms with E-state index >= 15 is 0 Å². The maximum absolute atomic E-state index is 11.5. The summed E-state index contributed by atoms with van der Waals surface area (Å²) in [6.45, 7) is 2.86. The Kier molecular flexibility index (Phi) is 6.52. The summed E-state index contributed by atoms with van der Waals surface area (Å²) in [6, 6.07) is 0.113. The van der Waals surface area contributed by atoms with Crippen LogP contribution in [0.25, 0.3) is 0 Å². The van der Waals surface area contributed by atoms with E-state index in [-0.39, 0.29) is 24.7 Å². The van der Waals surface area contributed by atoms with Gasteiger partial charge in [-0.3, -0.25) is 9.69 Å². The number of unbranched alkanes of at least 4 members (excludes halogenated alkanes) is 1. The summed E-state index contributed by atoms with van der Waals surface area (Å²) in [5.74, 6) is -0.182. The van der Waals surface area contributed by atoms with Crippen LogP contribution in [0, 0.1) is 0 Å². The standard InChI is InChI=1S/C13H25NO3/c1-3-4-9-17-13(16)10-14(2)11-7-5-6-8-12(11)15/h11-12,15H,3-10H2,1-2H3. The fourth-order valence-electron chi connectivity index (χ4n) is 2.30. The molecular formula is C13H25NO3. The molecule has 0 spiro atoms. The molecule has 0 aromatic rings. The summed E-state index contributed by atoms with van der Waals surface area (Å²) < 4.78 is 5.12. The Morgan fingerprint density at radius 3 is 2.76 bits per heavy atom. The zero-order chi connectivity index (χ0) is 12.7. The highest BCUT2D eigenvalue weighted by molar-refractivity contribution is 5.71. The van der Waals surface area contributed by atoms with Crippen molar-refractivity contribution in [1.82, 2.24) is 4.90 Å². The number of likely N-dealkylation sites (N-methyl/N-ethyl adjacent to an activating group) is 1. The maximum atomic E-state index is 11.5. The van der Waals surface area contributed by atoms with E-state index in [0.717, 1.165) is 38.5 Å². The van der Waals surface area contributed by atoms with Crippen molar-refractivity contribution in [2.75, 3.05) is 20.2 Å². The quantitative estimate of drug-likeness (QED) is 0.568. The highest BCUT2D eigenvalue weighted by Gasteiger charge is 2.27. The predicted molar refractivity (Wildman–Crippen MR) is 66.8 cm³/mol. The number of ether oxygens (including phenoxy) is 1. The molecule has 1 fully saturated rings. The first-order valence-electron chi connectivity index (χ1n) is 6.69. The molecule has 0 saturated heterocycles. The number of esters is 1. The Bertz CT molecular complexity index is 233. The molecule has 1 saturated carbocycles. The van der Waals surface area contributed by atoms with E-state index in [0.29, 0.717) is 6.61 Å². The van der Waals surface area contributed by atoms with Gasteiger partial charge < -0.3 is 9.84 Å². The average Bonchev–Trinajstić information content (AvgIpc) is 2.29. The van der Waals surface area contributed by atoms with Gasteiger partial charge in [0.05, 0.1) is 19.3 Å². The molecular weight excluding hydrogens is 218 g/mol. The summed E-state index contributed by atoms with van der Waals surface area (Å²) in [5, 5.41) is 9.87. The smallest absolute Gasteiger partial charge is 0.320 e. The summed E-state index contributed by atoms with van der Waals surface area (Å²) in [4.78, 5) is 13.5. The molecule has 2 atom stereocenters. The van der Waals surface area contributed by atoms with Gasteiger partial charge >= 0.3 is 5.97 Å². The molecule has 0 aromatic carbocycles. The minimum atomic E-state index is -0.294. The first-order chi connectivity index (χ1) is 8.15. The van der Waals surface area contributed by atoms with Crippen LogP contribution in [0.15, 0.2) is 0 Å². The van der Waals surface area contributed by atoms with Crippen molar-refractivity contribution in [3.8, 4) is 0 Å². The van der Waals surface area contributed by atoms with Gasteiger partial charge in [-0.05, 0) is 26.3 Å². The largest absolute Gasteiger partial charge is 0.465 e. The van der Waals surface area contributed by atoms with Crippen LogP contribution in [-0.4, -0.2) is 48.3 Å². The third kappa shape index (κ3) is 5.04. The Labute approximate surface area is 104 Å². The summed E-state index contributed by atoms with van der Waals surface area (Å²) >= 11 is 0. The first kappa shape index (κ1) is 14.5. The van der Waals surface area contributed by atoms with E-state index < -0.39 is 0 Å².